The maximum absolute atomic E-state index is 11.4. The molecule has 0 radical (unpaired) electrons. The average Bonchev–Trinajstić information content (AvgIpc) is 2.67. The number of methoxy groups -OCH3 is 1. The summed E-state index contributed by atoms with van der Waals surface area (Å²) >= 11 is 0. The highest BCUT2D eigenvalue weighted by molar-refractivity contribution is 6.02. The molecule has 2 rings (SSSR count). The molecule has 0 unspecified atom stereocenters. The fourth-order valence-corrected chi connectivity index (χ4v) is 1.87. The Kier molecular flexibility index (Phi) is 1.76. The molecular weight excluding hydrogens is 176 g/mol. The molecule has 13 heavy (non-hydrogen) atoms. The number of esters is 2. The molecule has 0 saturated carbocycles. The molecule has 0 aromatic rings. The number of fused-ring (bicyclic) bond motifs is 1. The summed E-state index contributed by atoms with van der Waals surface area (Å²) in [6.45, 7) is 0.572. The van der Waals surface area contributed by atoms with Gasteiger partial charge < -0.3 is 14.2 Å². The van der Waals surface area contributed by atoms with Crippen LogP contribution in [-0.2, 0) is 23.8 Å². The van der Waals surface area contributed by atoms with Crippen LogP contribution in [0.5, 0.6) is 0 Å². The molecule has 2 fully saturated rings. The highest BCUT2D eigenvalue weighted by Gasteiger charge is 2.62. The predicted octanol–water partition coefficient (Wildman–Crippen LogP) is -0.509. The summed E-state index contributed by atoms with van der Waals surface area (Å²) in [5.41, 5.74) is -1.17. The summed E-state index contributed by atoms with van der Waals surface area (Å²) in [6, 6.07) is 0. The molecule has 2 aliphatic rings. The lowest BCUT2D eigenvalue weighted by atomic mass is 9.83. The first-order valence-electron chi connectivity index (χ1n) is 4.09. The summed E-state index contributed by atoms with van der Waals surface area (Å²) in [5.74, 6) is -1.06. The van der Waals surface area contributed by atoms with Gasteiger partial charge in [0.25, 0.3) is 0 Å². The smallest absolute Gasteiger partial charge is 0.326 e. The first-order valence-corrected chi connectivity index (χ1v) is 4.09. The normalized spacial score (nSPS) is 37.0. The Bertz CT molecular complexity index is 261. The molecule has 5 heteroatoms. The van der Waals surface area contributed by atoms with E-state index < -0.39 is 23.5 Å². The van der Waals surface area contributed by atoms with Gasteiger partial charge >= 0.3 is 11.9 Å². The molecule has 2 heterocycles. The van der Waals surface area contributed by atoms with Crippen LogP contribution in [0.4, 0.5) is 0 Å². The van der Waals surface area contributed by atoms with Crippen molar-refractivity contribution in [2.75, 3.05) is 20.3 Å². The molecule has 2 atom stereocenters. The minimum atomic E-state index is -1.17. The Hall–Kier alpha value is -1.10. The number of hydrogen-bond acceptors (Lipinski definition) is 5. The van der Waals surface area contributed by atoms with Gasteiger partial charge in [0.2, 0.25) is 0 Å². The molecule has 2 saturated heterocycles. The maximum Gasteiger partial charge on any atom is 0.326 e. The largest absolute Gasteiger partial charge is 0.468 e. The number of carbonyl (C=O) groups is 2. The highest BCUT2D eigenvalue weighted by Crippen LogP contribution is 2.41. The van der Waals surface area contributed by atoms with E-state index in [4.69, 9.17) is 9.47 Å². The molecule has 0 bridgehead atoms. The van der Waals surface area contributed by atoms with Crippen molar-refractivity contribution in [1.29, 1.82) is 0 Å². The fraction of sp³-hybridized carbons (Fsp3) is 0.750. The Morgan fingerprint density at radius 3 is 3.15 bits per heavy atom. The lowest BCUT2D eigenvalue weighted by Crippen LogP contribution is -2.41. The molecule has 72 valence electrons. The van der Waals surface area contributed by atoms with E-state index in [0.717, 1.165) is 0 Å². The number of hydrogen-bond donors (Lipinski definition) is 0. The highest BCUT2D eigenvalue weighted by atomic mass is 16.6. The van der Waals surface area contributed by atoms with Crippen molar-refractivity contribution in [3.05, 3.63) is 0 Å². The molecule has 0 aromatic heterocycles. The van der Waals surface area contributed by atoms with Crippen LogP contribution in [0.25, 0.3) is 0 Å². The van der Waals surface area contributed by atoms with Crippen LogP contribution in [-0.4, -0.2) is 38.4 Å². The third-order valence-electron chi connectivity index (χ3n) is 2.64. The third-order valence-corrected chi connectivity index (χ3v) is 2.64. The summed E-state index contributed by atoms with van der Waals surface area (Å²) in [7, 11) is 1.26. The Morgan fingerprint density at radius 2 is 2.46 bits per heavy atom. The van der Waals surface area contributed by atoms with Crippen molar-refractivity contribution in [3.8, 4) is 0 Å². The fourth-order valence-electron chi connectivity index (χ4n) is 1.87. The van der Waals surface area contributed by atoms with Gasteiger partial charge in [-0.05, 0) is 0 Å². The van der Waals surface area contributed by atoms with Crippen molar-refractivity contribution >= 4 is 11.9 Å². The summed E-state index contributed by atoms with van der Waals surface area (Å²) in [6.07, 6.45) is -0.0872. The van der Waals surface area contributed by atoms with Gasteiger partial charge in [0, 0.05) is 13.0 Å². The minimum Gasteiger partial charge on any atom is -0.468 e. The summed E-state index contributed by atoms with van der Waals surface area (Å²) < 4.78 is 14.6. The van der Waals surface area contributed by atoms with Gasteiger partial charge in [-0.2, -0.15) is 0 Å². The van der Waals surface area contributed by atoms with Crippen molar-refractivity contribution in [3.63, 3.8) is 0 Å². The van der Waals surface area contributed by atoms with Crippen LogP contribution in [0.2, 0.25) is 0 Å². The van der Waals surface area contributed by atoms with E-state index in [1.54, 1.807) is 0 Å². The second-order valence-corrected chi connectivity index (χ2v) is 3.17. The van der Waals surface area contributed by atoms with Crippen LogP contribution >= 0.6 is 0 Å². The lowest BCUT2D eigenvalue weighted by Gasteiger charge is -2.18. The third kappa shape index (κ3) is 0.904. The standard InChI is InChI=1S/C8H10O5/c1-11-6(9)8-2-3-12-5(8)4-13-7(8)10/h5H,2-4H2,1H3/t5-,8-/m0/s1. The van der Waals surface area contributed by atoms with Crippen molar-refractivity contribution < 1.29 is 23.8 Å². The topological polar surface area (TPSA) is 61.8 Å². The van der Waals surface area contributed by atoms with Gasteiger partial charge in [-0.15, -0.1) is 0 Å². The van der Waals surface area contributed by atoms with Gasteiger partial charge in [-0.1, -0.05) is 0 Å². The first-order chi connectivity index (χ1) is 6.21. The number of carbonyl (C=O) groups excluding carboxylic acids is 2. The molecule has 5 nitrogen and oxygen atoms in total. The molecule has 0 amide bonds. The van der Waals surface area contributed by atoms with E-state index in [-0.39, 0.29) is 6.61 Å². The minimum absolute atomic E-state index is 0.161. The number of cyclic esters (lactones) is 1. The predicted molar refractivity (Wildman–Crippen MR) is 39.8 cm³/mol. The number of ether oxygens (including phenoxy) is 3. The SMILES string of the molecule is COC(=O)[C@]12CCO[C@H]1COC2=O. The number of rotatable bonds is 1. The van der Waals surface area contributed by atoms with Crippen LogP contribution in [0.3, 0.4) is 0 Å². The van der Waals surface area contributed by atoms with E-state index in [9.17, 15) is 9.59 Å². The zero-order valence-electron chi connectivity index (χ0n) is 7.24. The van der Waals surface area contributed by atoms with Crippen LogP contribution in [0, 0.1) is 5.41 Å². The molecule has 0 N–H and O–H groups in total. The molecule has 0 spiro atoms. The maximum atomic E-state index is 11.4. The van der Waals surface area contributed by atoms with E-state index in [2.05, 4.69) is 4.74 Å². The summed E-state index contributed by atoms with van der Waals surface area (Å²) in [4.78, 5) is 22.8. The molecule has 0 aliphatic carbocycles. The lowest BCUT2D eigenvalue weighted by molar-refractivity contribution is -0.163. The van der Waals surface area contributed by atoms with Crippen molar-refractivity contribution in [2.45, 2.75) is 12.5 Å². The molecular formula is C8H10O5. The van der Waals surface area contributed by atoms with Crippen LogP contribution in [0.1, 0.15) is 6.42 Å². The quantitative estimate of drug-likeness (QED) is 0.407. The zero-order chi connectivity index (χ0) is 9.47. The van der Waals surface area contributed by atoms with Gasteiger partial charge in [0.15, 0.2) is 5.41 Å². The molecule has 0 aromatic carbocycles. The Morgan fingerprint density at radius 1 is 1.69 bits per heavy atom. The zero-order valence-corrected chi connectivity index (χ0v) is 7.24. The molecule has 2 aliphatic heterocycles. The van der Waals surface area contributed by atoms with E-state index in [1.807, 2.05) is 0 Å². The second kappa shape index (κ2) is 2.70. The average molecular weight is 186 g/mol. The van der Waals surface area contributed by atoms with Crippen molar-refractivity contribution in [2.24, 2.45) is 5.41 Å². The van der Waals surface area contributed by atoms with Gasteiger partial charge in [0.05, 0.1) is 7.11 Å². The monoisotopic (exact) mass is 186 g/mol. The van der Waals surface area contributed by atoms with E-state index in [1.165, 1.54) is 7.11 Å². The van der Waals surface area contributed by atoms with E-state index >= 15 is 0 Å². The van der Waals surface area contributed by atoms with Gasteiger partial charge in [-0.3, -0.25) is 9.59 Å². The Balaban J connectivity index is 2.35. The van der Waals surface area contributed by atoms with Gasteiger partial charge in [0.1, 0.15) is 12.7 Å². The van der Waals surface area contributed by atoms with Gasteiger partial charge in [-0.25, -0.2) is 0 Å². The first kappa shape index (κ1) is 8.50. The summed E-state index contributed by atoms with van der Waals surface area (Å²) in [5, 5.41) is 0. The van der Waals surface area contributed by atoms with E-state index in [0.29, 0.717) is 13.0 Å². The van der Waals surface area contributed by atoms with Crippen molar-refractivity contribution in [1.82, 2.24) is 0 Å². The second-order valence-electron chi connectivity index (χ2n) is 3.17. The van der Waals surface area contributed by atoms with Crippen LogP contribution < -0.4 is 0 Å². The Labute approximate surface area is 74.9 Å². The van der Waals surface area contributed by atoms with Crippen LogP contribution in [0.15, 0.2) is 0 Å².